The van der Waals surface area contributed by atoms with Gasteiger partial charge in [-0.3, -0.25) is 18.6 Å². The molecule has 0 fully saturated rings. The Morgan fingerprint density at radius 1 is 0.778 bits per heavy atom. The summed E-state index contributed by atoms with van der Waals surface area (Å²) in [5.41, 5.74) is 2.90. The zero-order valence-corrected chi connectivity index (χ0v) is 26.3. The summed E-state index contributed by atoms with van der Waals surface area (Å²) in [5.74, 6) is -2.40. The zero-order chi connectivity index (χ0) is 32.8. The number of benzene rings is 3. The summed E-state index contributed by atoms with van der Waals surface area (Å²) in [6, 6.07) is 20.0. The maximum absolute atomic E-state index is 13.3. The number of carbonyl (C=O) groups excluding carboxylic acids is 4. The van der Waals surface area contributed by atoms with Crippen molar-refractivity contribution in [3.63, 3.8) is 0 Å². The van der Waals surface area contributed by atoms with Gasteiger partial charge in [0.25, 0.3) is 16.0 Å². The van der Waals surface area contributed by atoms with Crippen LogP contribution in [-0.2, 0) is 51.0 Å². The minimum absolute atomic E-state index is 0.000915. The first kappa shape index (κ1) is 34.9. The molecular weight excluding hydrogens is 600 g/mol. The highest BCUT2D eigenvalue weighted by molar-refractivity contribution is 7.86. The van der Waals surface area contributed by atoms with E-state index in [1.807, 2.05) is 25.1 Å². The summed E-state index contributed by atoms with van der Waals surface area (Å²) in [6.07, 6.45) is 0.944. The number of rotatable bonds is 16. The number of hydrogen-bond donors (Lipinski definition) is 2. The van der Waals surface area contributed by atoms with Crippen LogP contribution in [0.5, 0.6) is 0 Å². The van der Waals surface area contributed by atoms with E-state index >= 15 is 0 Å². The molecule has 3 aromatic carbocycles. The van der Waals surface area contributed by atoms with Gasteiger partial charge in [0.15, 0.2) is 0 Å². The first-order chi connectivity index (χ1) is 21.5. The number of hydrogen-bond acceptors (Lipinski definition) is 9. The van der Waals surface area contributed by atoms with Crippen LogP contribution < -0.4 is 10.6 Å². The van der Waals surface area contributed by atoms with Gasteiger partial charge in [-0.2, -0.15) is 8.42 Å². The van der Waals surface area contributed by atoms with Gasteiger partial charge in [0.05, 0.1) is 25.7 Å². The van der Waals surface area contributed by atoms with Crippen molar-refractivity contribution in [2.45, 2.75) is 56.0 Å². The molecule has 240 valence electrons. The van der Waals surface area contributed by atoms with Gasteiger partial charge in [0, 0.05) is 18.4 Å². The van der Waals surface area contributed by atoms with Crippen LogP contribution in [0.15, 0.2) is 83.8 Å². The van der Waals surface area contributed by atoms with Crippen molar-refractivity contribution in [2.75, 3.05) is 20.8 Å². The Balaban J connectivity index is 1.62. The van der Waals surface area contributed by atoms with E-state index in [2.05, 4.69) is 15.4 Å². The fraction of sp³-hybridized carbons (Fsp3) is 0.333. The van der Waals surface area contributed by atoms with Crippen LogP contribution in [0.3, 0.4) is 0 Å². The van der Waals surface area contributed by atoms with Crippen molar-refractivity contribution in [2.24, 2.45) is 0 Å². The molecule has 2 atom stereocenters. The molecule has 45 heavy (non-hydrogen) atoms. The molecule has 12 heteroatoms. The molecule has 0 radical (unpaired) electrons. The van der Waals surface area contributed by atoms with Gasteiger partial charge in [-0.05, 0) is 61.6 Å². The van der Waals surface area contributed by atoms with Crippen molar-refractivity contribution in [3.05, 3.63) is 101 Å². The summed E-state index contributed by atoms with van der Waals surface area (Å²) < 4.78 is 39.3. The lowest BCUT2D eigenvalue weighted by Gasteiger charge is -2.22. The largest absolute Gasteiger partial charge is 0.469 e. The molecule has 3 rings (SSSR count). The fourth-order valence-corrected chi connectivity index (χ4v) is 5.31. The number of amides is 2. The lowest BCUT2D eigenvalue weighted by atomic mass is 10.0. The van der Waals surface area contributed by atoms with Crippen LogP contribution in [0.4, 0.5) is 0 Å². The predicted molar refractivity (Wildman–Crippen MR) is 166 cm³/mol. The number of carbonyl (C=O) groups is 4. The van der Waals surface area contributed by atoms with E-state index in [-0.39, 0.29) is 30.8 Å². The molecule has 3 aromatic rings. The van der Waals surface area contributed by atoms with Gasteiger partial charge >= 0.3 is 11.9 Å². The van der Waals surface area contributed by atoms with E-state index in [4.69, 9.17) is 8.92 Å². The van der Waals surface area contributed by atoms with Crippen molar-refractivity contribution >= 4 is 33.9 Å². The molecule has 0 saturated carbocycles. The molecule has 0 aliphatic carbocycles. The Hall–Kier alpha value is -4.55. The van der Waals surface area contributed by atoms with Gasteiger partial charge in [0.1, 0.15) is 12.1 Å². The standard InChI is InChI=1S/C33H38N2O9S/c1-23-11-17-27(18-12-23)45(40,41)44-21-7-10-24-13-15-26(16-14-24)31(37)35-29(22-25-8-5-4-6-9-25)32(38)34-28(33(39)43-3)19-20-30(36)42-2/h4-6,8-9,11-18,28-29H,7,10,19-22H2,1-3H3,(H,34,38)(H,35,37)/t28-,29-/m0/s1. The van der Waals surface area contributed by atoms with E-state index < -0.39 is 46.0 Å². The summed E-state index contributed by atoms with van der Waals surface area (Å²) in [4.78, 5) is 50.5. The maximum Gasteiger partial charge on any atom is 0.328 e. The average molecular weight is 639 g/mol. The van der Waals surface area contributed by atoms with Gasteiger partial charge < -0.3 is 20.1 Å². The molecule has 0 aromatic heterocycles. The highest BCUT2D eigenvalue weighted by Gasteiger charge is 2.28. The first-order valence-corrected chi connectivity index (χ1v) is 15.8. The van der Waals surface area contributed by atoms with Crippen LogP contribution in [-0.4, -0.2) is 65.1 Å². The van der Waals surface area contributed by atoms with Crippen molar-refractivity contribution < 1.29 is 41.3 Å². The normalized spacial score (nSPS) is 12.4. The maximum atomic E-state index is 13.3. The van der Waals surface area contributed by atoms with Crippen LogP contribution in [0.1, 0.15) is 46.3 Å². The molecule has 2 N–H and O–H groups in total. The van der Waals surface area contributed by atoms with Crippen molar-refractivity contribution in [1.29, 1.82) is 0 Å². The molecule has 0 spiro atoms. The summed E-state index contributed by atoms with van der Waals surface area (Å²) in [7, 11) is -1.45. The van der Waals surface area contributed by atoms with Crippen LogP contribution in [0, 0.1) is 6.92 Å². The Labute approximate surface area is 263 Å². The third-order valence-electron chi connectivity index (χ3n) is 6.95. The number of aryl methyl sites for hydroxylation is 2. The molecule has 11 nitrogen and oxygen atoms in total. The predicted octanol–water partition coefficient (Wildman–Crippen LogP) is 3.29. The number of nitrogens with one attached hydrogen (secondary N) is 2. The van der Waals surface area contributed by atoms with Gasteiger partial charge in [-0.15, -0.1) is 0 Å². The minimum Gasteiger partial charge on any atom is -0.469 e. The Bertz CT molecular complexity index is 1540. The highest BCUT2D eigenvalue weighted by Crippen LogP contribution is 2.15. The molecule has 0 aliphatic heterocycles. The van der Waals surface area contributed by atoms with Gasteiger partial charge in [-0.25, -0.2) is 4.79 Å². The average Bonchev–Trinajstić information content (AvgIpc) is 3.05. The Morgan fingerprint density at radius 2 is 1.44 bits per heavy atom. The van der Waals surface area contributed by atoms with E-state index in [0.717, 1.165) is 16.7 Å². The van der Waals surface area contributed by atoms with Gasteiger partial charge in [-0.1, -0.05) is 60.2 Å². The van der Waals surface area contributed by atoms with Crippen LogP contribution in [0.2, 0.25) is 0 Å². The monoisotopic (exact) mass is 638 g/mol. The zero-order valence-electron chi connectivity index (χ0n) is 25.5. The SMILES string of the molecule is COC(=O)CC[C@H](NC(=O)[C@H](Cc1ccccc1)NC(=O)c1ccc(CCCOS(=O)(=O)c2ccc(C)cc2)cc1)C(=O)OC. The summed E-state index contributed by atoms with van der Waals surface area (Å²) in [5, 5.41) is 5.34. The molecule has 0 bridgehead atoms. The highest BCUT2D eigenvalue weighted by atomic mass is 32.2. The number of esters is 2. The van der Waals surface area contributed by atoms with Crippen LogP contribution in [0.25, 0.3) is 0 Å². The topological polar surface area (TPSA) is 154 Å². The number of ether oxygens (including phenoxy) is 2. The van der Waals surface area contributed by atoms with E-state index in [9.17, 15) is 27.6 Å². The fourth-order valence-electron chi connectivity index (χ4n) is 4.37. The van der Waals surface area contributed by atoms with E-state index in [0.29, 0.717) is 18.4 Å². The molecule has 2 amide bonds. The smallest absolute Gasteiger partial charge is 0.328 e. The van der Waals surface area contributed by atoms with Crippen LogP contribution >= 0.6 is 0 Å². The molecule has 0 saturated heterocycles. The third-order valence-corrected chi connectivity index (χ3v) is 8.27. The molecule has 0 heterocycles. The quantitative estimate of drug-likeness (QED) is 0.137. The Morgan fingerprint density at radius 3 is 2.07 bits per heavy atom. The summed E-state index contributed by atoms with van der Waals surface area (Å²) >= 11 is 0. The first-order valence-electron chi connectivity index (χ1n) is 14.4. The van der Waals surface area contributed by atoms with E-state index in [1.165, 1.54) is 26.4 Å². The second-order valence-corrected chi connectivity index (χ2v) is 11.9. The lowest BCUT2D eigenvalue weighted by molar-refractivity contribution is -0.146. The third kappa shape index (κ3) is 11.1. The van der Waals surface area contributed by atoms with Crippen molar-refractivity contribution in [3.8, 4) is 0 Å². The Kier molecular flexibility index (Phi) is 13.3. The van der Waals surface area contributed by atoms with Crippen molar-refractivity contribution in [1.82, 2.24) is 10.6 Å². The lowest BCUT2D eigenvalue weighted by Crippen LogP contribution is -2.52. The number of methoxy groups -OCH3 is 2. The minimum atomic E-state index is -3.85. The second-order valence-electron chi connectivity index (χ2n) is 10.3. The second kappa shape index (κ2) is 17.1. The molecule has 0 unspecified atom stereocenters. The van der Waals surface area contributed by atoms with E-state index in [1.54, 1.807) is 48.5 Å². The molecule has 0 aliphatic rings. The molecular formula is C33H38N2O9S. The van der Waals surface area contributed by atoms with Gasteiger partial charge in [0.2, 0.25) is 5.91 Å². The summed E-state index contributed by atoms with van der Waals surface area (Å²) in [6.45, 7) is 1.87.